The molecule has 0 unspecified atom stereocenters. The molecule has 0 bridgehead atoms. The van der Waals surface area contributed by atoms with Gasteiger partial charge >= 0.3 is 5.97 Å². The van der Waals surface area contributed by atoms with Crippen LogP contribution in [0.3, 0.4) is 0 Å². The summed E-state index contributed by atoms with van der Waals surface area (Å²) >= 11 is 0. The topological polar surface area (TPSA) is 46.2 Å². The molecule has 0 fully saturated rings. The van der Waals surface area contributed by atoms with Crippen molar-refractivity contribution >= 4 is 5.97 Å². The molecule has 0 amide bonds. The van der Waals surface area contributed by atoms with Gasteiger partial charge in [0.15, 0.2) is 0 Å². The lowest BCUT2D eigenvalue weighted by Gasteiger charge is -1.89. The molecule has 1 radical (unpaired) electrons. The number of rotatable bonds is 2. The van der Waals surface area contributed by atoms with Crippen molar-refractivity contribution in [2.24, 2.45) is 0 Å². The van der Waals surface area contributed by atoms with Crippen LogP contribution in [0.15, 0.2) is 0 Å². The molecule has 0 aliphatic carbocycles. The van der Waals surface area contributed by atoms with Crippen LogP contribution in [-0.2, 0) is 14.6 Å². The third kappa shape index (κ3) is 3.26. The Labute approximate surface area is 41.9 Å². The van der Waals surface area contributed by atoms with Crippen LogP contribution in [0, 0.1) is 0 Å². The van der Waals surface area contributed by atoms with E-state index in [2.05, 4.69) is 4.74 Å². The Balaban J connectivity index is 3.00. The van der Waals surface area contributed by atoms with Crippen LogP contribution in [0.4, 0.5) is 0 Å². The molecule has 0 heterocycles. The van der Waals surface area contributed by atoms with E-state index in [9.17, 15) is 9.90 Å². The van der Waals surface area contributed by atoms with E-state index in [1.165, 1.54) is 7.11 Å². The average Bonchev–Trinajstić information content (AvgIpc) is 1.68. The molecule has 0 saturated heterocycles. The summed E-state index contributed by atoms with van der Waals surface area (Å²) in [4.78, 5) is 9.99. The van der Waals surface area contributed by atoms with Crippen molar-refractivity contribution in [2.75, 3.05) is 13.7 Å². The van der Waals surface area contributed by atoms with Crippen LogP contribution in [0.2, 0.25) is 0 Å². The lowest BCUT2D eigenvalue weighted by atomic mass is 10.5. The third-order valence-electron chi connectivity index (χ3n) is 0.534. The zero-order valence-corrected chi connectivity index (χ0v) is 4.14. The van der Waals surface area contributed by atoms with Gasteiger partial charge in [-0.2, -0.15) is 0 Å². The van der Waals surface area contributed by atoms with Gasteiger partial charge in [-0.1, -0.05) is 0 Å². The summed E-state index contributed by atoms with van der Waals surface area (Å²) in [6.45, 7) is -0.382. The van der Waals surface area contributed by atoms with Crippen molar-refractivity contribution < 1.29 is 14.6 Å². The van der Waals surface area contributed by atoms with E-state index in [0.717, 1.165) is 0 Å². The van der Waals surface area contributed by atoms with Crippen LogP contribution < -0.4 is 0 Å². The SMILES string of the molecule is COC(=O)CC[O]. The molecule has 0 spiro atoms. The van der Waals surface area contributed by atoms with Gasteiger partial charge in [0.2, 0.25) is 0 Å². The number of hydrogen-bond acceptors (Lipinski definition) is 2. The Morgan fingerprint density at radius 2 is 2.29 bits per heavy atom. The standard InChI is InChI=1S/C4H7O3/c1-7-4(6)2-3-5/h2-3H2,1H3. The van der Waals surface area contributed by atoms with Crippen LogP contribution in [0.25, 0.3) is 0 Å². The van der Waals surface area contributed by atoms with Gasteiger partial charge in [-0.05, 0) is 0 Å². The Bertz CT molecular complexity index is 60.0. The van der Waals surface area contributed by atoms with Crippen LogP contribution in [0.5, 0.6) is 0 Å². The molecule has 0 saturated carbocycles. The number of methoxy groups -OCH3 is 1. The fourth-order valence-corrected chi connectivity index (χ4v) is 0.185. The second-order valence-corrected chi connectivity index (χ2v) is 1.03. The number of esters is 1. The summed E-state index contributed by atoms with van der Waals surface area (Å²) in [6.07, 6.45) is -0.0174. The average molecular weight is 103 g/mol. The van der Waals surface area contributed by atoms with Crippen molar-refractivity contribution in [1.29, 1.82) is 0 Å². The fourth-order valence-electron chi connectivity index (χ4n) is 0.185. The summed E-state index contributed by atoms with van der Waals surface area (Å²) in [5.41, 5.74) is 0. The molecule has 3 heteroatoms. The lowest BCUT2D eigenvalue weighted by molar-refractivity contribution is -0.141. The van der Waals surface area contributed by atoms with Gasteiger partial charge < -0.3 is 4.74 Å². The van der Waals surface area contributed by atoms with E-state index in [1.54, 1.807) is 0 Å². The molecule has 41 valence electrons. The minimum Gasteiger partial charge on any atom is -0.469 e. The van der Waals surface area contributed by atoms with Crippen molar-refractivity contribution in [3.8, 4) is 0 Å². The highest BCUT2D eigenvalue weighted by Gasteiger charge is 1.94. The molecule has 0 aliphatic rings. The van der Waals surface area contributed by atoms with Crippen molar-refractivity contribution in [3.05, 3.63) is 0 Å². The van der Waals surface area contributed by atoms with Gasteiger partial charge in [-0.15, -0.1) is 0 Å². The predicted molar refractivity (Wildman–Crippen MR) is 22.2 cm³/mol. The molecule has 0 rings (SSSR count). The van der Waals surface area contributed by atoms with Crippen LogP contribution >= 0.6 is 0 Å². The minimum absolute atomic E-state index is 0.0174. The number of ether oxygens (including phenoxy) is 1. The second-order valence-electron chi connectivity index (χ2n) is 1.03. The van der Waals surface area contributed by atoms with Gasteiger partial charge in [0.05, 0.1) is 20.1 Å². The molecule has 7 heavy (non-hydrogen) atoms. The Morgan fingerprint density at radius 1 is 1.71 bits per heavy atom. The van der Waals surface area contributed by atoms with Crippen molar-refractivity contribution in [3.63, 3.8) is 0 Å². The number of carbonyl (C=O) groups is 1. The molecule has 0 aromatic rings. The van der Waals surface area contributed by atoms with Crippen molar-refractivity contribution in [1.82, 2.24) is 0 Å². The Morgan fingerprint density at radius 3 is 2.43 bits per heavy atom. The van der Waals surface area contributed by atoms with E-state index in [1.807, 2.05) is 0 Å². The molecule has 0 atom stereocenters. The summed E-state index contributed by atoms with van der Waals surface area (Å²) in [5.74, 6) is -0.435. The van der Waals surface area contributed by atoms with Crippen LogP contribution in [-0.4, -0.2) is 19.7 Å². The van der Waals surface area contributed by atoms with Gasteiger partial charge in [0.1, 0.15) is 0 Å². The molecule has 0 aromatic carbocycles. The normalized spacial score (nSPS) is 8.29. The highest BCUT2D eigenvalue weighted by molar-refractivity contribution is 5.69. The first-order valence-electron chi connectivity index (χ1n) is 1.96. The van der Waals surface area contributed by atoms with E-state index in [4.69, 9.17) is 0 Å². The van der Waals surface area contributed by atoms with E-state index >= 15 is 0 Å². The fraction of sp³-hybridized carbons (Fsp3) is 0.750. The van der Waals surface area contributed by atoms with Gasteiger partial charge in [-0.25, -0.2) is 5.11 Å². The minimum atomic E-state index is -0.435. The summed E-state index contributed by atoms with van der Waals surface area (Å²) in [7, 11) is 1.26. The first kappa shape index (κ1) is 6.43. The highest BCUT2D eigenvalue weighted by Crippen LogP contribution is 1.78. The van der Waals surface area contributed by atoms with E-state index in [0.29, 0.717) is 0 Å². The summed E-state index contributed by atoms with van der Waals surface area (Å²) < 4.78 is 4.15. The van der Waals surface area contributed by atoms with Gasteiger partial charge in [0, 0.05) is 0 Å². The maximum absolute atomic E-state index is 9.99. The Hall–Kier alpha value is -0.570. The summed E-state index contributed by atoms with van der Waals surface area (Å²) in [6, 6.07) is 0. The van der Waals surface area contributed by atoms with Gasteiger partial charge in [-0.3, -0.25) is 4.79 Å². The maximum Gasteiger partial charge on any atom is 0.307 e. The van der Waals surface area contributed by atoms with E-state index < -0.39 is 5.97 Å². The largest absolute Gasteiger partial charge is 0.469 e. The third-order valence-corrected chi connectivity index (χ3v) is 0.534. The van der Waals surface area contributed by atoms with E-state index in [-0.39, 0.29) is 13.0 Å². The Kier molecular flexibility index (Phi) is 3.32. The lowest BCUT2D eigenvalue weighted by Crippen LogP contribution is -2.00. The number of carbonyl (C=O) groups excluding carboxylic acids is 1. The first-order valence-corrected chi connectivity index (χ1v) is 1.96. The molecule has 0 N–H and O–H groups in total. The summed E-state index contributed by atoms with van der Waals surface area (Å²) in [5, 5.41) is 9.60. The zero-order chi connectivity index (χ0) is 5.70. The molecule has 3 nitrogen and oxygen atoms in total. The smallest absolute Gasteiger partial charge is 0.307 e. The second kappa shape index (κ2) is 3.61. The first-order chi connectivity index (χ1) is 3.31. The van der Waals surface area contributed by atoms with Crippen LogP contribution in [0.1, 0.15) is 6.42 Å². The molecule has 0 aromatic heterocycles. The van der Waals surface area contributed by atoms with Crippen molar-refractivity contribution in [2.45, 2.75) is 6.42 Å². The quantitative estimate of drug-likeness (QED) is 0.461. The predicted octanol–water partition coefficient (Wildman–Crippen LogP) is -0.0200. The monoisotopic (exact) mass is 103 g/mol. The highest BCUT2D eigenvalue weighted by atomic mass is 16.5. The zero-order valence-electron chi connectivity index (χ0n) is 4.14. The molecular weight excluding hydrogens is 96.0 g/mol. The molecular formula is C4H7O3. The maximum atomic E-state index is 9.99. The number of hydrogen-bond donors (Lipinski definition) is 0. The molecule has 0 aliphatic heterocycles. The van der Waals surface area contributed by atoms with Gasteiger partial charge in [0.25, 0.3) is 0 Å².